The molecule has 2 aliphatic rings. The monoisotopic (exact) mass is 483 g/mol. The summed E-state index contributed by atoms with van der Waals surface area (Å²) in [4.78, 5) is 40.4. The molecule has 0 radical (unpaired) electrons. The third-order valence-corrected chi connectivity index (χ3v) is 6.30. The van der Waals surface area contributed by atoms with E-state index in [9.17, 15) is 27.6 Å². The first-order valence-electron chi connectivity index (χ1n) is 11.5. The number of amides is 2. The summed E-state index contributed by atoms with van der Waals surface area (Å²) in [5, 5.41) is 6.01. The van der Waals surface area contributed by atoms with E-state index in [1.807, 2.05) is 20.8 Å². The average molecular weight is 484 g/mol. The predicted octanol–water partition coefficient (Wildman–Crippen LogP) is 3.48. The summed E-state index contributed by atoms with van der Waals surface area (Å²) < 4.78 is 44.1. The maximum Gasteiger partial charge on any atom is 0.416 e. The molecule has 1 aromatic carbocycles. The van der Waals surface area contributed by atoms with Crippen molar-refractivity contribution in [1.82, 2.24) is 15.5 Å². The minimum absolute atomic E-state index is 0.175. The summed E-state index contributed by atoms with van der Waals surface area (Å²) in [6.07, 6.45) is -1.87. The Balaban J connectivity index is 1.85. The van der Waals surface area contributed by atoms with Crippen LogP contribution in [0.25, 0.3) is 0 Å². The molecule has 3 rings (SSSR count). The lowest BCUT2D eigenvalue weighted by Gasteiger charge is -2.41. The molecule has 0 bridgehead atoms. The fourth-order valence-corrected chi connectivity index (χ4v) is 4.86. The molecule has 1 saturated heterocycles. The van der Waals surface area contributed by atoms with Crippen LogP contribution in [0.15, 0.2) is 24.3 Å². The van der Waals surface area contributed by atoms with Crippen LogP contribution in [0.4, 0.5) is 13.2 Å². The van der Waals surface area contributed by atoms with E-state index in [1.165, 1.54) is 13.2 Å². The van der Waals surface area contributed by atoms with Crippen molar-refractivity contribution in [2.75, 3.05) is 7.11 Å². The molecule has 2 N–H and O–H groups in total. The molecule has 1 aliphatic heterocycles. The van der Waals surface area contributed by atoms with Gasteiger partial charge in [-0.2, -0.15) is 13.2 Å². The second kappa shape index (κ2) is 9.93. The van der Waals surface area contributed by atoms with E-state index in [2.05, 4.69) is 10.6 Å². The number of nitrogens with one attached hydrogen (secondary N) is 2. The number of hydrogen-bond donors (Lipinski definition) is 2. The fourth-order valence-electron chi connectivity index (χ4n) is 4.86. The summed E-state index contributed by atoms with van der Waals surface area (Å²) in [6, 6.07) is 2.78. The Morgan fingerprint density at radius 3 is 2.41 bits per heavy atom. The van der Waals surface area contributed by atoms with Gasteiger partial charge in [0.25, 0.3) is 5.91 Å². The quantitative estimate of drug-likeness (QED) is 0.627. The topological polar surface area (TPSA) is 87.7 Å². The highest BCUT2D eigenvalue weighted by Crippen LogP contribution is 2.35. The van der Waals surface area contributed by atoms with Crippen LogP contribution in [0.2, 0.25) is 0 Å². The molecular formula is C24H32F3N3O4. The maximum atomic E-state index is 13.5. The fraction of sp³-hybridized carbons (Fsp3) is 0.625. The third-order valence-electron chi connectivity index (χ3n) is 6.30. The normalized spacial score (nSPS) is 25.9. The lowest BCUT2D eigenvalue weighted by Crippen LogP contribution is -2.57. The van der Waals surface area contributed by atoms with Crippen LogP contribution >= 0.6 is 0 Å². The van der Waals surface area contributed by atoms with E-state index < -0.39 is 35.8 Å². The number of nitrogens with zero attached hydrogens (tertiary/aromatic N) is 1. The van der Waals surface area contributed by atoms with Crippen LogP contribution < -0.4 is 10.6 Å². The third kappa shape index (κ3) is 5.89. The predicted molar refractivity (Wildman–Crippen MR) is 119 cm³/mol. The smallest absolute Gasteiger partial charge is 0.416 e. The molecule has 4 atom stereocenters. The zero-order valence-electron chi connectivity index (χ0n) is 19.9. The van der Waals surface area contributed by atoms with Gasteiger partial charge in [-0.15, -0.1) is 0 Å². The lowest BCUT2D eigenvalue weighted by atomic mass is 9.83. The van der Waals surface area contributed by atoms with Crippen molar-refractivity contribution in [3.63, 3.8) is 0 Å². The van der Waals surface area contributed by atoms with E-state index in [0.29, 0.717) is 12.8 Å². The Kier molecular flexibility index (Phi) is 7.59. The second-order valence-corrected chi connectivity index (χ2v) is 9.98. The number of carbonyl (C=O) groups excluding carboxylic acids is 3. The number of ether oxygens (including phenoxy) is 1. The van der Waals surface area contributed by atoms with Gasteiger partial charge in [-0.1, -0.05) is 18.9 Å². The van der Waals surface area contributed by atoms with Crippen LogP contribution in [0, 0.1) is 5.92 Å². The molecule has 34 heavy (non-hydrogen) atoms. The van der Waals surface area contributed by atoms with Gasteiger partial charge in [0.1, 0.15) is 6.04 Å². The van der Waals surface area contributed by atoms with E-state index in [1.54, 1.807) is 4.90 Å². The number of methoxy groups -OCH3 is 1. The van der Waals surface area contributed by atoms with Gasteiger partial charge < -0.3 is 15.0 Å². The van der Waals surface area contributed by atoms with Gasteiger partial charge >= 0.3 is 12.1 Å². The first-order chi connectivity index (χ1) is 15.8. The van der Waals surface area contributed by atoms with Gasteiger partial charge in [0.05, 0.1) is 24.8 Å². The van der Waals surface area contributed by atoms with Gasteiger partial charge in [0, 0.05) is 23.6 Å². The summed E-state index contributed by atoms with van der Waals surface area (Å²) in [5.74, 6) is -1.95. The standard InChI is InChI=1S/C24H32F3N3O4/c1-23(2,3)29-19-13-17(28-20(31)14-8-7-9-15(12-14)24(25,26)27)21(32)30(19)18-11-6-5-10-16(18)22(33)34-4/h7-9,12,16-19,29H,5-6,10-11,13H2,1-4H3,(H,28,31). The number of alkyl halides is 3. The molecule has 0 aromatic heterocycles. The highest BCUT2D eigenvalue weighted by Gasteiger charge is 2.48. The van der Waals surface area contributed by atoms with Crippen LogP contribution in [0.1, 0.15) is 68.8 Å². The van der Waals surface area contributed by atoms with Crippen molar-refractivity contribution in [1.29, 1.82) is 0 Å². The minimum atomic E-state index is -4.58. The van der Waals surface area contributed by atoms with Crippen LogP contribution in [-0.4, -0.2) is 53.6 Å². The Morgan fingerprint density at radius 2 is 1.79 bits per heavy atom. The maximum absolute atomic E-state index is 13.5. The number of benzene rings is 1. The molecule has 2 fully saturated rings. The van der Waals surface area contributed by atoms with Gasteiger partial charge in [0.2, 0.25) is 5.91 Å². The number of esters is 1. The van der Waals surface area contributed by atoms with Crippen molar-refractivity contribution in [3.05, 3.63) is 35.4 Å². The number of likely N-dealkylation sites (tertiary alicyclic amines) is 1. The zero-order valence-corrected chi connectivity index (χ0v) is 19.9. The zero-order chi connectivity index (χ0) is 25.3. The van der Waals surface area contributed by atoms with Gasteiger partial charge in [-0.25, -0.2) is 0 Å². The highest BCUT2D eigenvalue weighted by atomic mass is 19.4. The molecular weight excluding hydrogens is 451 g/mol. The molecule has 188 valence electrons. The summed E-state index contributed by atoms with van der Waals surface area (Å²) in [5.41, 5.74) is -1.47. The summed E-state index contributed by atoms with van der Waals surface area (Å²) in [6.45, 7) is 5.84. The minimum Gasteiger partial charge on any atom is -0.469 e. The average Bonchev–Trinajstić information content (AvgIpc) is 3.05. The first-order valence-corrected chi connectivity index (χ1v) is 11.5. The Bertz CT molecular complexity index is 929. The van der Waals surface area contributed by atoms with Crippen molar-refractivity contribution >= 4 is 17.8 Å². The van der Waals surface area contributed by atoms with Crippen molar-refractivity contribution < 1.29 is 32.3 Å². The van der Waals surface area contributed by atoms with E-state index in [0.717, 1.165) is 31.0 Å². The van der Waals surface area contributed by atoms with E-state index in [4.69, 9.17) is 4.74 Å². The number of halogens is 3. The molecule has 1 saturated carbocycles. The lowest BCUT2D eigenvalue weighted by molar-refractivity contribution is -0.152. The molecule has 1 heterocycles. The SMILES string of the molecule is COC(=O)C1CCCCC1N1C(=O)C(NC(=O)c2cccc(C(F)(F)F)c2)CC1NC(C)(C)C. The summed E-state index contributed by atoms with van der Waals surface area (Å²) >= 11 is 0. The van der Waals surface area contributed by atoms with Crippen molar-refractivity contribution in [2.45, 2.75) is 82.8 Å². The van der Waals surface area contributed by atoms with Gasteiger partial charge in [0.15, 0.2) is 0 Å². The number of hydrogen-bond acceptors (Lipinski definition) is 5. The molecule has 0 spiro atoms. The highest BCUT2D eigenvalue weighted by molar-refractivity contribution is 5.98. The van der Waals surface area contributed by atoms with Crippen LogP contribution in [0.3, 0.4) is 0 Å². The van der Waals surface area contributed by atoms with Gasteiger partial charge in [-0.05, 0) is 51.8 Å². The van der Waals surface area contributed by atoms with Gasteiger partial charge in [-0.3, -0.25) is 19.7 Å². The van der Waals surface area contributed by atoms with E-state index >= 15 is 0 Å². The molecule has 1 aliphatic carbocycles. The first kappa shape index (κ1) is 26.0. The molecule has 7 nitrogen and oxygen atoms in total. The molecule has 2 amide bonds. The summed E-state index contributed by atoms with van der Waals surface area (Å²) in [7, 11) is 1.32. The second-order valence-electron chi connectivity index (χ2n) is 9.98. The van der Waals surface area contributed by atoms with Crippen molar-refractivity contribution in [2.24, 2.45) is 5.92 Å². The Labute approximate surface area is 197 Å². The van der Waals surface area contributed by atoms with Crippen LogP contribution in [-0.2, 0) is 20.5 Å². The number of rotatable bonds is 5. The molecule has 1 aromatic rings. The van der Waals surface area contributed by atoms with Crippen molar-refractivity contribution in [3.8, 4) is 0 Å². The molecule has 4 unspecified atom stereocenters. The largest absolute Gasteiger partial charge is 0.469 e. The molecule has 10 heteroatoms. The van der Waals surface area contributed by atoms with E-state index in [-0.39, 0.29) is 35.4 Å². The van der Waals surface area contributed by atoms with Crippen LogP contribution in [0.5, 0.6) is 0 Å². The Hall–Kier alpha value is -2.62. The Morgan fingerprint density at radius 1 is 1.12 bits per heavy atom. The number of carbonyl (C=O) groups is 3.